The molecule has 1 aromatic heterocycles. The summed E-state index contributed by atoms with van der Waals surface area (Å²) in [6, 6.07) is 12.8. The summed E-state index contributed by atoms with van der Waals surface area (Å²) in [7, 11) is 3.42. The molecule has 3 atom stereocenters. The van der Waals surface area contributed by atoms with Crippen molar-refractivity contribution >= 4 is 39.1 Å². The van der Waals surface area contributed by atoms with Gasteiger partial charge in [-0.15, -0.1) is 11.3 Å². The maximum Gasteiger partial charge on any atom is 0.284 e. The van der Waals surface area contributed by atoms with E-state index in [9.17, 15) is 9.59 Å². The van der Waals surface area contributed by atoms with Gasteiger partial charge in [-0.05, 0) is 43.2 Å². The summed E-state index contributed by atoms with van der Waals surface area (Å²) in [5.74, 6) is 0.177. The van der Waals surface area contributed by atoms with Crippen LogP contribution in [0.1, 0.15) is 34.0 Å². The lowest BCUT2D eigenvalue weighted by molar-refractivity contribution is 0.0281. The van der Waals surface area contributed by atoms with E-state index in [-0.39, 0.29) is 29.9 Å². The molecule has 1 aliphatic rings. The number of hydrogen-bond donors (Lipinski definition) is 2. The lowest BCUT2D eigenvalue weighted by Gasteiger charge is -2.30. The number of nitrogens with one attached hydrogen (secondary N) is 2. The van der Waals surface area contributed by atoms with Crippen LogP contribution >= 0.6 is 11.3 Å². The molecule has 0 spiro atoms. The fourth-order valence-electron chi connectivity index (χ4n) is 3.89. The van der Waals surface area contributed by atoms with Gasteiger partial charge in [-0.25, -0.2) is 4.98 Å². The number of thiazole rings is 1. The van der Waals surface area contributed by atoms with Crippen LogP contribution in [0.4, 0.5) is 5.69 Å². The molecule has 3 aromatic rings. The number of ether oxygens (including phenoxy) is 2. The van der Waals surface area contributed by atoms with Crippen molar-refractivity contribution in [1.82, 2.24) is 15.2 Å². The average molecular weight is 483 g/mol. The number of aromatic nitrogens is 1. The Balaban J connectivity index is 1.60. The fourth-order valence-corrected chi connectivity index (χ4v) is 4.75. The fraction of sp³-hybridized carbons (Fsp3) is 0.400. The standard InChI is InChI=1S/C25H30N4O4S/c1-15-12-26-16(2)14-33-20-10-9-17(11-18(20)25(31)29(3)13-21(15)32-4)27-23(30)24-28-19-7-5-6-8-22(19)34-24/h5-11,15-16,21,26H,12-14H2,1-4H3,(H,27,30)/t15-,16+,21+/m0/s1. The maximum atomic E-state index is 13.4. The van der Waals surface area contributed by atoms with Gasteiger partial charge in [0, 0.05) is 39.0 Å². The van der Waals surface area contributed by atoms with Crippen LogP contribution in [0.2, 0.25) is 0 Å². The molecule has 0 bridgehead atoms. The first-order valence-corrected chi connectivity index (χ1v) is 12.1. The predicted octanol–water partition coefficient (Wildman–Crippen LogP) is 3.64. The van der Waals surface area contributed by atoms with E-state index in [1.165, 1.54) is 11.3 Å². The van der Waals surface area contributed by atoms with Crippen molar-refractivity contribution in [2.75, 3.05) is 39.2 Å². The highest BCUT2D eigenvalue weighted by Gasteiger charge is 2.26. The first-order valence-electron chi connectivity index (χ1n) is 11.3. The summed E-state index contributed by atoms with van der Waals surface area (Å²) >= 11 is 1.33. The molecule has 0 fully saturated rings. The molecule has 0 radical (unpaired) electrons. The minimum absolute atomic E-state index is 0.0958. The number of para-hydroxylation sites is 1. The van der Waals surface area contributed by atoms with Crippen molar-refractivity contribution in [2.45, 2.75) is 26.0 Å². The van der Waals surface area contributed by atoms with Gasteiger partial charge in [-0.2, -0.15) is 0 Å². The first kappa shape index (κ1) is 24.1. The van der Waals surface area contributed by atoms with Gasteiger partial charge >= 0.3 is 0 Å². The van der Waals surface area contributed by atoms with Crippen LogP contribution in [0.15, 0.2) is 42.5 Å². The third-order valence-corrected chi connectivity index (χ3v) is 7.01. The van der Waals surface area contributed by atoms with E-state index < -0.39 is 0 Å². The number of benzene rings is 2. The molecule has 2 N–H and O–H groups in total. The normalized spacial score (nSPS) is 21.8. The number of rotatable bonds is 3. The summed E-state index contributed by atoms with van der Waals surface area (Å²) < 4.78 is 12.6. The molecule has 180 valence electrons. The van der Waals surface area contributed by atoms with Crippen LogP contribution < -0.4 is 15.4 Å². The zero-order valence-corrected chi connectivity index (χ0v) is 20.6. The molecule has 4 rings (SSSR count). The number of anilines is 1. The molecule has 0 unspecified atom stereocenters. The molecule has 1 aliphatic heterocycles. The Bertz CT molecular complexity index is 1150. The van der Waals surface area contributed by atoms with Crippen LogP contribution in [0.3, 0.4) is 0 Å². The molecule has 2 amide bonds. The number of likely N-dealkylation sites (N-methyl/N-ethyl adjacent to an activating group) is 1. The lowest BCUT2D eigenvalue weighted by atomic mass is 10.0. The van der Waals surface area contributed by atoms with Crippen LogP contribution in [0.25, 0.3) is 10.2 Å². The Labute approximate surface area is 203 Å². The number of carbonyl (C=O) groups is 2. The molecule has 9 heteroatoms. The number of carbonyl (C=O) groups excluding carboxylic acids is 2. The van der Waals surface area contributed by atoms with Gasteiger partial charge in [0.1, 0.15) is 12.4 Å². The van der Waals surface area contributed by atoms with E-state index in [0.717, 1.165) is 16.8 Å². The number of hydrogen-bond acceptors (Lipinski definition) is 7. The zero-order chi connectivity index (χ0) is 24.2. The number of nitrogens with zero attached hydrogens (tertiary/aromatic N) is 2. The molecule has 34 heavy (non-hydrogen) atoms. The van der Waals surface area contributed by atoms with Gasteiger partial charge in [0.2, 0.25) is 0 Å². The van der Waals surface area contributed by atoms with Crippen LogP contribution in [0, 0.1) is 5.92 Å². The SMILES string of the molecule is CO[C@@H]1CN(C)C(=O)c2cc(NC(=O)c3nc4ccccc4s3)ccc2OC[C@@H](C)NC[C@@H]1C. The highest BCUT2D eigenvalue weighted by atomic mass is 32.1. The van der Waals surface area contributed by atoms with Gasteiger partial charge in [-0.3, -0.25) is 9.59 Å². The van der Waals surface area contributed by atoms with Crippen LogP contribution in [0.5, 0.6) is 5.75 Å². The predicted molar refractivity (Wildman–Crippen MR) is 134 cm³/mol. The van der Waals surface area contributed by atoms with Crippen molar-refractivity contribution in [1.29, 1.82) is 0 Å². The summed E-state index contributed by atoms with van der Waals surface area (Å²) in [6.45, 7) is 5.75. The highest BCUT2D eigenvalue weighted by molar-refractivity contribution is 7.20. The Morgan fingerprint density at radius 3 is 2.82 bits per heavy atom. The van der Waals surface area contributed by atoms with Gasteiger partial charge in [0.25, 0.3) is 11.8 Å². The number of methoxy groups -OCH3 is 1. The lowest BCUT2D eigenvalue weighted by Crippen LogP contribution is -2.44. The zero-order valence-electron chi connectivity index (χ0n) is 19.8. The molecule has 2 aromatic carbocycles. The maximum absolute atomic E-state index is 13.4. The summed E-state index contributed by atoms with van der Waals surface area (Å²) in [4.78, 5) is 32.3. The average Bonchev–Trinajstić information content (AvgIpc) is 3.28. The summed E-state index contributed by atoms with van der Waals surface area (Å²) in [5.41, 5.74) is 1.67. The number of fused-ring (bicyclic) bond motifs is 2. The van der Waals surface area contributed by atoms with Gasteiger partial charge in [-0.1, -0.05) is 19.1 Å². The molecule has 0 aliphatic carbocycles. The van der Waals surface area contributed by atoms with Crippen LogP contribution in [-0.2, 0) is 4.74 Å². The second kappa shape index (κ2) is 10.5. The monoisotopic (exact) mass is 482 g/mol. The van der Waals surface area contributed by atoms with E-state index in [1.807, 2.05) is 31.2 Å². The molecule has 2 heterocycles. The minimum Gasteiger partial charge on any atom is -0.491 e. The first-order chi connectivity index (χ1) is 16.4. The summed E-state index contributed by atoms with van der Waals surface area (Å²) in [6.07, 6.45) is -0.112. The third-order valence-electron chi connectivity index (χ3n) is 5.97. The van der Waals surface area contributed by atoms with E-state index >= 15 is 0 Å². The van der Waals surface area contributed by atoms with E-state index in [1.54, 1.807) is 37.3 Å². The van der Waals surface area contributed by atoms with E-state index in [4.69, 9.17) is 9.47 Å². The second-order valence-electron chi connectivity index (χ2n) is 8.71. The quantitative estimate of drug-likeness (QED) is 0.592. The van der Waals surface area contributed by atoms with Crippen molar-refractivity contribution in [3.05, 3.63) is 53.0 Å². The third kappa shape index (κ3) is 5.38. The summed E-state index contributed by atoms with van der Waals surface area (Å²) in [5, 5.41) is 6.71. The number of amides is 2. The largest absolute Gasteiger partial charge is 0.491 e. The highest BCUT2D eigenvalue weighted by Crippen LogP contribution is 2.27. The molecule has 0 saturated heterocycles. The minimum atomic E-state index is -0.317. The van der Waals surface area contributed by atoms with Crippen molar-refractivity contribution in [2.24, 2.45) is 5.92 Å². The molecular formula is C25H30N4O4S. The van der Waals surface area contributed by atoms with Crippen LogP contribution in [-0.4, -0.2) is 67.7 Å². The Hall–Kier alpha value is -3.01. The van der Waals surface area contributed by atoms with Gasteiger partial charge in [0.15, 0.2) is 5.01 Å². The van der Waals surface area contributed by atoms with Crippen molar-refractivity contribution in [3.63, 3.8) is 0 Å². The molecule has 0 saturated carbocycles. The molecule has 8 nitrogen and oxygen atoms in total. The smallest absolute Gasteiger partial charge is 0.284 e. The van der Waals surface area contributed by atoms with E-state index in [0.29, 0.717) is 35.2 Å². The van der Waals surface area contributed by atoms with Gasteiger partial charge < -0.3 is 25.0 Å². The Morgan fingerprint density at radius 1 is 1.26 bits per heavy atom. The second-order valence-corrected chi connectivity index (χ2v) is 9.74. The van der Waals surface area contributed by atoms with Gasteiger partial charge in [0.05, 0.1) is 21.9 Å². The Morgan fingerprint density at radius 2 is 2.06 bits per heavy atom. The molecular weight excluding hydrogens is 452 g/mol. The Kier molecular flexibility index (Phi) is 7.45. The van der Waals surface area contributed by atoms with Crippen molar-refractivity contribution in [3.8, 4) is 5.75 Å². The van der Waals surface area contributed by atoms with Crippen molar-refractivity contribution < 1.29 is 19.1 Å². The topological polar surface area (TPSA) is 92.8 Å². The van der Waals surface area contributed by atoms with E-state index in [2.05, 4.69) is 22.5 Å².